The summed E-state index contributed by atoms with van der Waals surface area (Å²) in [4.78, 5) is 18.3. The van der Waals surface area contributed by atoms with Crippen molar-refractivity contribution in [1.29, 1.82) is 0 Å². The molecule has 2 aromatic heterocycles. The zero-order valence-corrected chi connectivity index (χ0v) is 14.1. The quantitative estimate of drug-likeness (QED) is 0.837. The summed E-state index contributed by atoms with van der Waals surface area (Å²) in [6, 6.07) is 0. The average Bonchev–Trinajstić information content (AvgIpc) is 3.19. The maximum atomic E-state index is 12.2. The van der Waals surface area contributed by atoms with Gasteiger partial charge in [-0.2, -0.15) is 0 Å². The molecule has 1 aliphatic carbocycles. The van der Waals surface area contributed by atoms with Gasteiger partial charge >= 0.3 is 0 Å². The Kier molecular flexibility index (Phi) is 4.08. The summed E-state index contributed by atoms with van der Waals surface area (Å²) in [6.07, 6.45) is 9.66. The molecule has 2 aromatic rings. The molecular formula is C17H24N6O. The van der Waals surface area contributed by atoms with Crippen LogP contribution in [-0.4, -0.2) is 48.2 Å². The van der Waals surface area contributed by atoms with Crippen LogP contribution < -0.4 is 0 Å². The highest BCUT2D eigenvalue weighted by Gasteiger charge is 2.35. The van der Waals surface area contributed by atoms with E-state index in [4.69, 9.17) is 0 Å². The van der Waals surface area contributed by atoms with Crippen molar-refractivity contribution in [2.75, 3.05) is 13.1 Å². The summed E-state index contributed by atoms with van der Waals surface area (Å²) in [5.41, 5.74) is 0. The van der Waals surface area contributed by atoms with Gasteiger partial charge in [-0.15, -0.1) is 10.2 Å². The van der Waals surface area contributed by atoms with Crippen LogP contribution in [-0.2, 0) is 17.9 Å². The molecule has 4 rings (SSSR count). The van der Waals surface area contributed by atoms with Crippen LogP contribution in [0.5, 0.6) is 0 Å². The molecule has 0 bridgehead atoms. The number of aromatic nitrogens is 5. The van der Waals surface area contributed by atoms with Crippen molar-refractivity contribution in [1.82, 2.24) is 29.2 Å². The SMILES string of the molecule is CCn1c(Cn2ccnc2)nnc1C1CCN(C(=O)C2CC2)CC1. The first-order valence-corrected chi connectivity index (χ1v) is 8.92. The van der Waals surface area contributed by atoms with Crippen LogP contribution in [0.25, 0.3) is 0 Å². The second-order valence-corrected chi connectivity index (χ2v) is 6.83. The fourth-order valence-electron chi connectivity index (χ4n) is 3.60. The second kappa shape index (κ2) is 6.37. The molecule has 24 heavy (non-hydrogen) atoms. The first kappa shape index (κ1) is 15.4. The van der Waals surface area contributed by atoms with E-state index in [2.05, 4.69) is 26.7 Å². The minimum Gasteiger partial charge on any atom is -0.342 e. The van der Waals surface area contributed by atoms with Crippen LogP contribution in [0.4, 0.5) is 0 Å². The molecule has 2 aliphatic rings. The summed E-state index contributed by atoms with van der Waals surface area (Å²) < 4.78 is 4.24. The number of nitrogens with zero attached hydrogens (tertiary/aromatic N) is 6. The maximum Gasteiger partial charge on any atom is 0.225 e. The molecule has 0 unspecified atom stereocenters. The van der Waals surface area contributed by atoms with E-state index >= 15 is 0 Å². The third-order valence-corrected chi connectivity index (χ3v) is 5.15. The molecule has 0 radical (unpaired) electrons. The van der Waals surface area contributed by atoms with E-state index in [1.54, 1.807) is 12.5 Å². The largest absolute Gasteiger partial charge is 0.342 e. The fourth-order valence-corrected chi connectivity index (χ4v) is 3.60. The number of carbonyl (C=O) groups excluding carboxylic acids is 1. The first-order chi connectivity index (χ1) is 11.8. The van der Waals surface area contributed by atoms with Crippen molar-refractivity contribution in [3.05, 3.63) is 30.4 Å². The normalized spacial score (nSPS) is 19.0. The lowest BCUT2D eigenvalue weighted by molar-refractivity contribution is -0.133. The van der Waals surface area contributed by atoms with Crippen molar-refractivity contribution >= 4 is 5.91 Å². The monoisotopic (exact) mass is 328 g/mol. The first-order valence-electron chi connectivity index (χ1n) is 8.92. The topological polar surface area (TPSA) is 68.8 Å². The van der Waals surface area contributed by atoms with Gasteiger partial charge in [-0.3, -0.25) is 4.79 Å². The molecule has 128 valence electrons. The number of amides is 1. The smallest absolute Gasteiger partial charge is 0.225 e. The molecule has 0 N–H and O–H groups in total. The van der Waals surface area contributed by atoms with Gasteiger partial charge < -0.3 is 14.0 Å². The van der Waals surface area contributed by atoms with Crippen LogP contribution in [0, 0.1) is 5.92 Å². The van der Waals surface area contributed by atoms with Crippen molar-refractivity contribution < 1.29 is 4.79 Å². The van der Waals surface area contributed by atoms with Crippen LogP contribution >= 0.6 is 0 Å². The predicted octanol–water partition coefficient (Wildman–Crippen LogP) is 1.66. The van der Waals surface area contributed by atoms with E-state index in [1.165, 1.54) is 0 Å². The van der Waals surface area contributed by atoms with Crippen LogP contribution in [0.2, 0.25) is 0 Å². The van der Waals surface area contributed by atoms with Gasteiger partial charge in [0.05, 0.1) is 12.9 Å². The molecule has 0 spiro atoms. The fraction of sp³-hybridized carbons (Fsp3) is 0.647. The van der Waals surface area contributed by atoms with Gasteiger partial charge in [0, 0.05) is 43.9 Å². The van der Waals surface area contributed by atoms with Crippen LogP contribution in [0.3, 0.4) is 0 Å². The number of hydrogen-bond acceptors (Lipinski definition) is 4. The molecule has 1 aliphatic heterocycles. The Bertz CT molecular complexity index is 695. The van der Waals surface area contributed by atoms with Gasteiger partial charge in [-0.1, -0.05) is 0 Å². The molecule has 7 heteroatoms. The van der Waals surface area contributed by atoms with Crippen LogP contribution in [0.15, 0.2) is 18.7 Å². The van der Waals surface area contributed by atoms with Crippen molar-refractivity contribution in [2.24, 2.45) is 5.92 Å². The predicted molar refractivity (Wildman–Crippen MR) is 88.3 cm³/mol. The lowest BCUT2D eigenvalue weighted by Crippen LogP contribution is -2.39. The van der Waals surface area contributed by atoms with Gasteiger partial charge in [0.15, 0.2) is 5.82 Å². The number of imidazole rings is 1. The summed E-state index contributed by atoms with van der Waals surface area (Å²) in [5.74, 6) is 3.14. The molecule has 0 atom stereocenters. The summed E-state index contributed by atoms with van der Waals surface area (Å²) in [6.45, 7) is 5.41. The summed E-state index contributed by atoms with van der Waals surface area (Å²) in [7, 11) is 0. The van der Waals surface area contributed by atoms with E-state index in [0.717, 1.165) is 57.0 Å². The number of rotatable bonds is 5. The number of hydrogen-bond donors (Lipinski definition) is 0. The molecule has 0 aromatic carbocycles. The minimum absolute atomic E-state index is 0.322. The Morgan fingerprint density at radius 3 is 2.62 bits per heavy atom. The molecular weight excluding hydrogens is 304 g/mol. The Hall–Kier alpha value is -2.18. The van der Waals surface area contributed by atoms with E-state index in [9.17, 15) is 4.79 Å². The zero-order chi connectivity index (χ0) is 16.5. The second-order valence-electron chi connectivity index (χ2n) is 6.83. The molecule has 3 heterocycles. The average molecular weight is 328 g/mol. The standard InChI is InChI=1S/C17H24N6O/c1-2-23-15(11-21-10-7-18-12-21)19-20-16(23)13-5-8-22(9-6-13)17(24)14-3-4-14/h7,10,12-14H,2-6,8-9,11H2,1H3. The third kappa shape index (κ3) is 2.95. The molecule has 1 saturated carbocycles. The van der Waals surface area contributed by atoms with Gasteiger partial charge in [0.25, 0.3) is 0 Å². The molecule has 7 nitrogen and oxygen atoms in total. The summed E-state index contributed by atoms with van der Waals surface area (Å²) in [5, 5.41) is 8.90. The Morgan fingerprint density at radius 2 is 2.00 bits per heavy atom. The summed E-state index contributed by atoms with van der Waals surface area (Å²) >= 11 is 0. The number of likely N-dealkylation sites (tertiary alicyclic amines) is 1. The Balaban J connectivity index is 1.44. The molecule has 1 saturated heterocycles. The third-order valence-electron chi connectivity index (χ3n) is 5.15. The van der Waals surface area contributed by atoms with Crippen molar-refractivity contribution in [3.8, 4) is 0 Å². The van der Waals surface area contributed by atoms with Gasteiger partial charge in [-0.05, 0) is 32.6 Å². The van der Waals surface area contributed by atoms with Gasteiger partial charge in [0.2, 0.25) is 5.91 Å². The zero-order valence-electron chi connectivity index (χ0n) is 14.1. The lowest BCUT2D eigenvalue weighted by atomic mass is 9.95. The Morgan fingerprint density at radius 1 is 1.21 bits per heavy atom. The van der Waals surface area contributed by atoms with Crippen molar-refractivity contribution in [3.63, 3.8) is 0 Å². The van der Waals surface area contributed by atoms with Crippen molar-refractivity contribution in [2.45, 2.75) is 51.6 Å². The minimum atomic E-state index is 0.322. The Labute approximate surface area is 141 Å². The van der Waals surface area contributed by atoms with E-state index < -0.39 is 0 Å². The van der Waals surface area contributed by atoms with E-state index in [1.807, 2.05) is 15.7 Å². The van der Waals surface area contributed by atoms with Gasteiger partial charge in [0.1, 0.15) is 5.82 Å². The van der Waals surface area contributed by atoms with E-state index in [-0.39, 0.29) is 0 Å². The maximum absolute atomic E-state index is 12.2. The molecule has 2 fully saturated rings. The highest BCUT2D eigenvalue weighted by atomic mass is 16.2. The lowest BCUT2D eigenvalue weighted by Gasteiger charge is -2.31. The van der Waals surface area contributed by atoms with Gasteiger partial charge in [-0.25, -0.2) is 4.98 Å². The highest BCUT2D eigenvalue weighted by Crippen LogP contribution is 2.34. The van der Waals surface area contributed by atoms with E-state index in [0.29, 0.717) is 24.3 Å². The molecule has 1 amide bonds. The number of piperidine rings is 1. The van der Waals surface area contributed by atoms with Crippen LogP contribution in [0.1, 0.15) is 50.2 Å². The highest BCUT2D eigenvalue weighted by molar-refractivity contribution is 5.81. The number of carbonyl (C=O) groups is 1.